The van der Waals surface area contributed by atoms with Crippen LogP contribution in [-0.4, -0.2) is 24.5 Å². The molecule has 0 aromatic carbocycles. The Morgan fingerprint density at radius 1 is 1.29 bits per heavy atom. The highest BCUT2D eigenvalue weighted by atomic mass is 32.1. The minimum absolute atomic E-state index is 0.232. The number of hydrogen-bond donors (Lipinski definition) is 2. The highest BCUT2D eigenvalue weighted by molar-refractivity contribution is 7.09. The quantitative estimate of drug-likeness (QED) is 0.459. The first kappa shape index (κ1) is 17.7. The Morgan fingerprint density at radius 3 is 2.62 bits per heavy atom. The third kappa shape index (κ3) is 6.79. The van der Waals surface area contributed by atoms with Crippen molar-refractivity contribution in [3.8, 4) is 0 Å². The molecule has 1 rings (SSSR count). The van der Waals surface area contributed by atoms with Crippen LogP contribution in [-0.2, 0) is 12.7 Å². The van der Waals surface area contributed by atoms with Gasteiger partial charge in [0.05, 0.1) is 6.54 Å². The number of rotatable bonds is 7. The van der Waals surface area contributed by atoms with Crippen LogP contribution < -0.4 is 10.6 Å². The van der Waals surface area contributed by atoms with Crippen molar-refractivity contribution in [3.05, 3.63) is 16.1 Å². The summed E-state index contributed by atoms with van der Waals surface area (Å²) in [6.07, 6.45) is 0.200. The fourth-order valence-corrected chi connectivity index (χ4v) is 2.40. The van der Waals surface area contributed by atoms with E-state index in [2.05, 4.69) is 27.5 Å². The van der Waals surface area contributed by atoms with Crippen molar-refractivity contribution < 1.29 is 13.2 Å². The number of nitrogens with one attached hydrogen (secondary N) is 2. The van der Waals surface area contributed by atoms with Gasteiger partial charge in [0.25, 0.3) is 0 Å². The summed E-state index contributed by atoms with van der Waals surface area (Å²) in [6.45, 7) is 3.18. The van der Waals surface area contributed by atoms with Gasteiger partial charge in [-0.05, 0) is 6.42 Å². The van der Waals surface area contributed by atoms with Gasteiger partial charge in [0.15, 0.2) is 11.7 Å². The standard InChI is InChI=1S/C13H21F3N4S/c1-3-4-5-6-7-18-12(17-2)19-8-11-20-10(9-21-11)13(14,15)16/h9H,3-8H2,1-2H3,(H2,17,18,19). The minimum Gasteiger partial charge on any atom is -0.356 e. The number of hydrogen-bond acceptors (Lipinski definition) is 3. The van der Waals surface area contributed by atoms with Crippen molar-refractivity contribution in [2.45, 2.75) is 45.3 Å². The molecule has 0 fully saturated rings. The number of halogens is 3. The maximum absolute atomic E-state index is 12.4. The number of thiazole rings is 1. The number of alkyl halides is 3. The third-order valence-corrected chi connectivity index (χ3v) is 3.64. The Bertz CT molecular complexity index is 443. The lowest BCUT2D eigenvalue weighted by molar-refractivity contribution is -0.140. The van der Waals surface area contributed by atoms with Crippen LogP contribution in [0.4, 0.5) is 13.2 Å². The molecule has 1 aromatic rings. The summed E-state index contributed by atoms with van der Waals surface area (Å²) in [5.41, 5.74) is -0.841. The summed E-state index contributed by atoms with van der Waals surface area (Å²) in [6, 6.07) is 0. The maximum Gasteiger partial charge on any atom is 0.434 e. The fraction of sp³-hybridized carbons (Fsp3) is 0.692. The van der Waals surface area contributed by atoms with Crippen LogP contribution in [0.1, 0.15) is 43.3 Å². The van der Waals surface area contributed by atoms with Gasteiger partial charge in [-0.3, -0.25) is 4.99 Å². The molecule has 1 aromatic heterocycles. The van der Waals surface area contributed by atoms with E-state index in [-0.39, 0.29) is 6.54 Å². The van der Waals surface area contributed by atoms with Gasteiger partial charge in [0.1, 0.15) is 5.01 Å². The van der Waals surface area contributed by atoms with E-state index in [0.29, 0.717) is 11.0 Å². The molecular weight excluding hydrogens is 301 g/mol. The Hall–Kier alpha value is -1.31. The molecule has 0 saturated heterocycles. The zero-order valence-electron chi connectivity index (χ0n) is 12.3. The van der Waals surface area contributed by atoms with Crippen LogP contribution in [0.2, 0.25) is 0 Å². The molecule has 0 spiro atoms. The fourth-order valence-electron chi connectivity index (χ4n) is 1.66. The summed E-state index contributed by atoms with van der Waals surface area (Å²) < 4.78 is 37.3. The minimum atomic E-state index is -4.38. The van der Waals surface area contributed by atoms with Gasteiger partial charge >= 0.3 is 6.18 Å². The van der Waals surface area contributed by atoms with Crippen LogP contribution in [0.5, 0.6) is 0 Å². The molecule has 0 aliphatic heterocycles. The van der Waals surface area contributed by atoms with Gasteiger partial charge in [0.2, 0.25) is 0 Å². The van der Waals surface area contributed by atoms with Gasteiger partial charge in [0, 0.05) is 19.0 Å². The molecular formula is C13H21F3N4S. The predicted octanol–water partition coefficient (Wildman–Crippen LogP) is 3.41. The molecule has 8 heteroatoms. The monoisotopic (exact) mass is 322 g/mol. The van der Waals surface area contributed by atoms with Gasteiger partial charge < -0.3 is 10.6 Å². The van der Waals surface area contributed by atoms with E-state index in [1.54, 1.807) is 7.05 Å². The van der Waals surface area contributed by atoms with Crippen molar-refractivity contribution in [1.82, 2.24) is 15.6 Å². The molecule has 0 amide bonds. The van der Waals surface area contributed by atoms with Gasteiger partial charge in [-0.2, -0.15) is 13.2 Å². The Kier molecular flexibility index (Phi) is 7.49. The lowest BCUT2D eigenvalue weighted by atomic mass is 10.2. The summed E-state index contributed by atoms with van der Waals surface area (Å²) in [5.74, 6) is 0.579. The molecule has 0 unspecified atom stereocenters. The molecule has 0 bridgehead atoms. The van der Waals surface area contributed by atoms with Crippen LogP contribution in [0.15, 0.2) is 10.4 Å². The largest absolute Gasteiger partial charge is 0.434 e. The van der Waals surface area contributed by atoms with E-state index < -0.39 is 11.9 Å². The predicted molar refractivity (Wildman–Crippen MR) is 79.5 cm³/mol. The van der Waals surface area contributed by atoms with Crippen LogP contribution in [0.25, 0.3) is 0 Å². The number of nitrogens with zero attached hydrogens (tertiary/aromatic N) is 2. The topological polar surface area (TPSA) is 49.3 Å². The molecule has 21 heavy (non-hydrogen) atoms. The van der Waals surface area contributed by atoms with E-state index in [9.17, 15) is 13.2 Å². The van der Waals surface area contributed by atoms with E-state index in [0.717, 1.165) is 36.1 Å². The average Bonchev–Trinajstić information content (AvgIpc) is 2.91. The molecule has 2 N–H and O–H groups in total. The number of unbranched alkanes of at least 4 members (excludes halogenated alkanes) is 3. The lowest BCUT2D eigenvalue weighted by Crippen LogP contribution is -2.37. The van der Waals surface area contributed by atoms with Crippen molar-refractivity contribution in [1.29, 1.82) is 0 Å². The second kappa shape index (κ2) is 8.86. The van der Waals surface area contributed by atoms with E-state index >= 15 is 0 Å². The van der Waals surface area contributed by atoms with E-state index in [1.807, 2.05) is 0 Å². The first-order chi connectivity index (χ1) is 9.97. The summed E-state index contributed by atoms with van der Waals surface area (Å²) >= 11 is 0.987. The van der Waals surface area contributed by atoms with Gasteiger partial charge in [-0.25, -0.2) is 4.98 Å². The van der Waals surface area contributed by atoms with Crippen molar-refractivity contribution >= 4 is 17.3 Å². The molecule has 120 valence electrons. The van der Waals surface area contributed by atoms with E-state index in [4.69, 9.17) is 0 Å². The third-order valence-electron chi connectivity index (χ3n) is 2.80. The van der Waals surface area contributed by atoms with Gasteiger partial charge in [-0.15, -0.1) is 11.3 Å². The number of aromatic nitrogens is 1. The first-order valence-corrected chi connectivity index (χ1v) is 7.81. The van der Waals surface area contributed by atoms with Crippen molar-refractivity contribution in [2.75, 3.05) is 13.6 Å². The lowest BCUT2D eigenvalue weighted by Gasteiger charge is -2.10. The van der Waals surface area contributed by atoms with Gasteiger partial charge in [-0.1, -0.05) is 26.2 Å². The SMILES string of the molecule is CCCCCCNC(=NC)NCc1nc(C(F)(F)F)cs1. The van der Waals surface area contributed by atoms with Crippen LogP contribution in [0.3, 0.4) is 0 Å². The van der Waals surface area contributed by atoms with Crippen molar-refractivity contribution in [2.24, 2.45) is 4.99 Å². The molecule has 0 saturated carbocycles. The molecule has 0 atom stereocenters. The number of aliphatic imine (C=N–C) groups is 1. The Labute approximate surface area is 126 Å². The second-order valence-corrected chi connectivity index (χ2v) is 5.48. The highest BCUT2D eigenvalue weighted by Gasteiger charge is 2.33. The normalized spacial score (nSPS) is 12.5. The van der Waals surface area contributed by atoms with Crippen LogP contribution >= 0.6 is 11.3 Å². The zero-order chi connectivity index (χ0) is 15.7. The molecule has 0 aliphatic carbocycles. The second-order valence-electron chi connectivity index (χ2n) is 4.54. The molecule has 0 radical (unpaired) electrons. The molecule has 1 heterocycles. The summed E-state index contributed by atoms with van der Waals surface area (Å²) in [7, 11) is 1.63. The Balaban J connectivity index is 2.33. The maximum atomic E-state index is 12.4. The smallest absolute Gasteiger partial charge is 0.356 e. The number of guanidine groups is 1. The summed E-state index contributed by atoms with van der Waals surface area (Å²) in [5, 5.41) is 7.50. The van der Waals surface area contributed by atoms with E-state index in [1.165, 1.54) is 12.8 Å². The molecule has 4 nitrogen and oxygen atoms in total. The average molecular weight is 322 g/mol. The molecule has 0 aliphatic rings. The van der Waals surface area contributed by atoms with Crippen LogP contribution in [0, 0.1) is 0 Å². The highest BCUT2D eigenvalue weighted by Crippen LogP contribution is 2.29. The first-order valence-electron chi connectivity index (χ1n) is 6.93. The zero-order valence-corrected chi connectivity index (χ0v) is 13.1. The Morgan fingerprint density at radius 2 is 2.05 bits per heavy atom. The summed E-state index contributed by atoms with van der Waals surface area (Å²) in [4.78, 5) is 7.58. The van der Waals surface area contributed by atoms with Crippen molar-refractivity contribution in [3.63, 3.8) is 0 Å².